The summed E-state index contributed by atoms with van der Waals surface area (Å²) >= 11 is 0. The molecule has 104 valence electrons. The number of methoxy groups -OCH3 is 1. The first-order valence-electron chi connectivity index (χ1n) is 7.09. The van der Waals surface area contributed by atoms with E-state index in [1.807, 2.05) is 0 Å². The highest BCUT2D eigenvalue weighted by molar-refractivity contribution is 5.78. The molecule has 1 aliphatic rings. The minimum Gasteiger partial charge on any atom is -0.377 e. The van der Waals surface area contributed by atoms with Crippen molar-refractivity contribution in [3.63, 3.8) is 0 Å². The van der Waals surface area contributed by atoms with Crippen molar-refractivity contribution >= 4 is 0 Å². The van der Waals surface area contributed by atoms with Crippen molar-refractivity contribution in [3.05, 3.63) is 59.7 Å². The van der Waals surface area contributed by atoms with Crippen molar-refractivity contribution in [1.29, 1.82) is 0 Å². The van der Waals surface area contributed by atoms with E-state index in [0.717, 1.165) is 6.54 Å². The quantitative estimate of drug-likeness (QED) is 0.910. The van der Waals surface area contributed by atoms with E-state index in [9.17, 15) is 0 Å². The molecule has 0 unspecified atom stereocenters. The van der Waals surface area contributed by atoms with E-state index >= 15 is 0 Å². The van der Waals surface area contributed by atoms with E-state index in [0.29, 0.717) is 0 Å². The lowest BCUT2D eigenvalue weighted by molar-refractivity contribution is 0.0220. The lowest BCUT2D eigenvalue weighted by Crippen LogP contribution is -2.38. The number of benzene rings is 2. The van der Waals surface area contributed by atoms with Crippen LogP contribution in [0.5, 0.6) is 0 Å². The maximum atomic E-state index is 5.51. The van der Waals surface area contributed by atoms with E-state index < -0.39 is 0 Å². The van der Waals surface area contributed by atoms with Gasteiger partial charge in [0.05, 0.1) is 11.6 Å². The SMILES string of the molecule is COC(C)(C)CNC1c2ccccc2-c2ccccc21. The molecule has 2 aromatic carbocycles. The van der Waals surface area contributed by atoms with E-state index in [1.165, 1.54) is 22.3 Å². The molecule has 2 heteroatoms. The molecular formula is C18H21NO. The van der Waals surface area contributed by atoms with Crippen molar-refractivity contribution in [1.82, 2.24) is 5.32 Å². The van der Waals surface area contributed by atoms with Gasteiger partial charge < -0.3 is 10.1 Å². The van der Waals surface area contributed by atoms with Gasteiger partial charge in [-0.1, -0.05) is 48.5 Å². The first-order valence-corrected chi connectivity index (χ1v) is 7.09. The summed E-state index contributed by atoms with van der Waals surface area (Å²) in [5, 5.41) is 3.66. The number of ether oxygens (including phenoxy) is 1. The zero-order chi connectivity index (χ0) is 14.2. The van der Waals surface area contributed by atoms with E-state index in [2.05, 4.69) is 67.7 Å². The van der Waals surface area contributed by atoms with Crippen molar-refractivity contribution < 1.29 is 4.74 Å². The molecule has 3 rings (SSSR count). The fourth-order valence-corrected chi connectivity index (χ4v) is 2.80. The molecule has 20 heavy (non-hydrogen) atoms. The molecule has 0 heterocycles. The summed E-state index contributed by atoms with van der Waals surface area (Å²) in [7, 11) is 1.76. The molecule has 0 bridgehead atoms. The summed E-state index contributed by atoms with van der Waals surface area (Å²) in [6.07, 6.45) is 0. The summed E-state index contributed by atoms with van der Waals surface area (Å²) in [5.41, 5.74) is 5.25. The van der Waals surface area contributed by atoms with Gasteiger partial charge in [0.25, 0.3) is 0 Å². The van der Waals surface area contributed by atoms with Crippen LogP contribution in [0.25, 0.3) is 11.1 Å². The second-order valence-corrected chi connectivity index (χ2v) is 5.95. The van der Waals surface area contributed by atoms with Gasteiger partial charge in [-0.05, 0) is 36.1 Å². The van der Waals surface area contributed by atoms with E-state index in [1.54, 1.807) is 7.11 Å². The van der Waals surface area contributed by atoms with E-state index in [-0.39, 0.29) is 11.6 Å². The van der Waals surface area contributed by atoms with E-state index in [4.69, 9.17) is 4.74 Å². The third-order valence-corrected chi connectivity index (χ3v) is 4.12. The Hall–Kier alpha value is -1.64. The second kappa shape index (κ2) is 5.04. The molecule has 0 radical (unpaired) electrons. The smallest absolute Gasteiger partial charge is 0.0746 e. The van der Waals surface area contributed by atoms with Gasteiger partial charge in [0.1, 0.15) is 0 Å². The van der Waals surface area contributed by atoms with Crippen LogP contribution >= 0.6 is 0 Å². The van der Waals surface area contributed by atoms with Crippen molar-refractivity contribution in [2.24, 2.45) is 0 Å². The lowest BCUT2D eigenvalue weighted by Gasteiger charge is -2.26. The second-order valence-electron chi connectivity index (χ2n) is 5.95. The van der Waals surface area contributed by atoms with Crippen LogP contribution in [-0.2, 0) is 4.74 Å². The summed E-state index contributed by atoms with van der Waals surface area (Å²) in [6, 6.07) is 17.5. The molecule has 2 aromatic rings. The molecule has 0 atom stereocenters. The molecule has 0 saturated heterocycles. The Kier molecular flexibility index (Phi) is 3.36. The lowest BCUT2D eigenvalue weighted by atomic mass is 10.0. The molecule has 0 aliphatic heterocycles. The van der Waals surface area contributed by atoms with Crippen molar-refractivity contribution in [3.8, 4) is 11.1 Å². The summed E-state index contributed by atoms with van der Waals surface area (Å²) < 4.78 is 5.51. The van der Waals surface area contributed by atoms with Crippen molar-refractivity contribution in [2.75, 3.05) is 13.7 Å². The van der Waals surface area contributed by atoms with Gasteiger partial charge in [-0.2, -0.15) is 0 Å². The molecule has 0 spiro atoms. The summed E-state index contributed by atoms with van der Waals surface area (Å²) in [6.45, 7) is 5.02. The maximum absolute atomic E-state index is 5.51. The largest absolute Gasteiger partial charge is 0.377 e. The van der Waals surface area contributed by atoms with Gasteiger partial charge >= 0.3 is 0 Å². The molecule has 0 saturated carbocycles. The highest BCUT2D eigenvalue weighted by atomic mass is 16.5. The Morgan fingerprint density at radius 1 is 0.950 bits per heavy atom. The average molecular weight is 267 g/mol. The molecule has 0 aromatic heterocycles. The van der Waals surface area contributed by atoms with Crippen LogP contribution in [0.2, 0.25) is 0 Å². The topological polar surface area (TPSA) is 21.3 Å². The van der Waals surface area contributed by atoms with Crippen LogP contribution in [0, 0.1) is 0 Å². The fourth-order valence-electron chi connectivity index (χ4n) is 2.80. The highest BCUT2D eigenvalue weighted by Gasteiger charge is 2.29. The molecular weight excluding hydrogens is 246 g/mol. The molecule has 1 aliphatic carbocycles. The van der Waals surface area contributed by atoms with Crippen LogP contribution < -0.4 is 5.32 Å². The summed E-state index contributed by atoms with van der Waals surface area (Å²) in [5.74, 6) is 0. The van der Waals surface area contributed by atoms with Gasteiger partial charge in [0.2, 0.25) is 0 Å². The minimum absolute atomic E-state index is 0.160. The standard InChI is InChI=1S/C18H21NO/c1-18(2,20-3)12-19-17-15-10-6-4-8-13(15)14-9-5-7-11-16(14)17/h4-11,17,19H,12H2,1-3H3. The molecule has 0 amide bonds. The van der Waals surface area contributed by atoms with Gasteiger partial charge in [0, 0.05) is 13.7 Å². The van der Waals surface area contributed by atoms with Gasteiger partial charge in [-0.15, -0.1) is 0 Å². The number of nitrogens with one attached hydrogen (secondary N) is 1. The number of hydrogen-bond acceptors (Lipinski definition) is 2. The fraction of sp³-hybridized carbons (Fsp3) is 0.333. The van der Waals surface area contributed by atoms with Gasteiger partial charge in [-0.25, -0.2) is 0 Å². The number of rotatable bonds is 4. The third-order valence-electron chi connectivity index (χ3n) is 4.12. The Morgan fingerprint density at radius 2 is 1.45 bits per heavy atom. The first-order chi connectivity index (χ1) is 9.62. The third kappa shape index (κ3) is 2.26. The average Bonchev–Trinajstić information content (AvgIpc) is 2.80. The Bertz CT molecular complexity index is 573. The van der Waals surface area contributed by atoms with Crippen molar-refractivity contribution in [2.45, 2.75) is 25.5 Å². The molecule has 1 N–H and O–H groups in total. The zero-order valence-electron chi connectivity index (χ0n) is 12.3. The first kappa shape index (κ1) is 13.3. The number of hydrogen-bond donors (Lipinski definition) is 1. The van der Waals surface area contributed by atoms with Crippen LogP contribution in [0.15, 0.2) is 48.5 Å². The van der Waals surface area contributed by atoms with Crippen LogP contribution in [-0.4, -0.2) is 19.3 Å². The Morgan fingerprint density at radius 3 is 1.95 bits per heavy atom. The number of fused-ring (bicyclic) bond motifs is 3. The van der Waals surface area contributed by atoms with Gasteiger partial charge in [0.15, 0.2) is 0 Å². The summed E-state index contributed by atoms with van der Waals surface area (Å²) in [4.78, 5) is 0. The minimum atomic E-state index is -0.160. The predicted octanol–water partition coefficient (Wildman–Crippen LogP) is 3.77. The van der Waals surface area contributed by atoms with Crippen LogP contribution in [0.1, 0.15) is 31.0 Å². The monoisotopic (exact) mass is 267 g/mol. The predicted molar refractivity (Wildman–Crippen MR) is 82.8 cm³/mol. The highest BCUT2D eigenvalue weighted by Crippen LogP contribution is 2.43. The molecule has 0 fully saturated rings. The normalized spacial score (nSPS) is 14.2. The Balaban J connectivity index is 1.95. The zero-order valence-corrected chi connectivity index (χ0v) is 12.3. The van der Waals surface area contributed by atoms with Crippen LogP contribution in [0.3, 0.4) is 0 Å². The Labute approximate surface area is 120 Å². The molecule has 2 nitrogen and oxygen atoms in total. The maximum Gasteiger partial charge on any atom is 0.0746 e. The van der Waals surface area contributed by atoms with Crippen LogP contribution in [0.4, 0.5) is 0 Å². The van der Waals surface area contributed by atoms with Gasteiger partial charge in [-0.3, -0.25) is 0 Å².